The first-order valence-electron chi connectivity index (χ1n) is 10.4. The number of halogens is 1. The summed E-state index contributed by atoms with van der Waals surface area (Å²) in [7, 11) is 5.58. The number of hydrogen-bond donors (Lipinski definition) is 2. The van der Waals surface area contributed by atoms with Crippen LogP contribution in [0.1, 0.15) is 26.2 Å². The quantitative estimate of drug-likeness (QED) is 0.330. The Labute approximate surface area is 192 Å². The third kappa shape index (κ3) is 6.53. The lowest BCUT2D eigenvalue weighted by atomic mass is 10.2. The zero-order valence-corrected chi connectivity index (χ0v) is 20.4. The van der Waals surface area contributed by atoms with Crippen LogP contribution in [0, 0.1) is 0 Å². The second-order valence-electron chi connectivity index (χ2n) is 7.64. The summed E-state index contributed by atoms with van der Waals surface area (Å²) in [6.07, 6.45) is 3.60. The van der Waals surface area contributed by atoms with E-state index < -0.39 is 0 Å². The predicted molar refractivity (Wildman–Crippen MR) is 130 cm³/mol. The minimum atomic E-state index is 0. The summed E-state index contributed by atoms with van der Waals surface area (Å²) in [5.41, 5.74) is 1.13. The van der Waals surface area contributed by atoms with Crippen LogP contribution in [-0.4, -0.2) is 76.9 Å². The fourth-order valence-corrected chi connectivity index (χ4v) is 4.01. The van der Waals surface area contributed by atoms with Crippen molar-refractivity contribution in [3.8, 4) is 11.5 Å². The molecule has 164 valence electrons. The van der Waals surface area contributed by atoms with Gasteiger partial charge < -0.3 is 29.9 Å². The Morgan fingerprint density at radius 3 is 2.45 bits per heavy atom. The standard InChI is InChI=1S/C21H35N5O2.HI/c1-5-22-21(23-14-17-7-6-9-25(17)2)24-16-8-10-26(15-16)18-11-19(27-3)13-20(12-18)28-4;/h11-13,16-17H,5-10,14-15H2,1-4H3,(H2,22,23,24);1H. The summed E-state index contributed by atoms with van der Waals surface area (Å²) >= 11 is 0. The molecule has 3 rings (SSSR count). The summed E-state index contributed by atoms with van der Waals surface area (Å²) in [4.78, 5) is 9.65. The topological polar surface area (TPSA) is 61.4 Å². The highest BCUT2D eigenvalue weighted by atomic mass is 127. The molecule has 0 aromatic heterocycles. The van der Waals surface area contributed by atoms with Crippen molar-refractivity contribution in [2.45, 2.75) is 38.3 Å². The Morgan fingerprint density at radius 1 is 1.14 bits per heavy atom. The zero-order valence-electron chi connectivity index (χ0n) is 18.1. The number of anilines is 1. The molecule has 8 heteroatoms. The van der Waals surface area contributed by atoms with E-state index in [1.807, 2.05) is 6.07 Å². The second-order valence-corrected chi connectivity index (χ2v) is 7.64. The number of likely N-dealkylation sites (N-methyl/N-ethyl adjacent to an activating group) is 1. The maximum Gasteiger partial charge on any atom is 0.191 e. The van der Waals surface area contributed by atoms with Crippen LogP contribution >= 0.6 is 24.0 Å². The van der Waals surface area contributed by atoms with Gasteiger partial charge in [-0.25, -0.2) is 0 Å². The first-order valence-corrected chi connectivity index (χ1v) is 10.4. The molecule has 0 aliphatic carbocycles. The molecule has 0 bridgehead atoms. The molecule has 0 amide bonds. The highest BCUT2D eigenvalue weighted by Gasteiger charge is 2.25. The van der Waals surface area contributed by atoms with Crippen molar-refractivity contribution in [1.82, 2.24) is 15.5 Å². The first kappa shape index (κ1) is 23.9. The fraction of sp³-hybridized carbons (Fsp3) is 0.667. The number of benzene rings is 1. The van der Waals surface area contributed by atoms with E-state index >= 15 is 0 Å². The fourth-order valence-electron chi connectivity index (χ4n) is 4.01. The van der Waals surface area contributed by atoms with E-state index in [1.165, 1.54) is 19.4 Å². The van der Waals surface area contributed by atoms with Crippen molar-refractivity contribution in [1.29, 1.82) is 0 Å². The van der Waals surface area contributed by atoms with Crippen LogP contribution < -0.4 is 25.0 Å². The summed E-state index contributed by atoms with van der Waals surface area (Å²) < 4.78 is 10.8. The first-order chi connectivity index (χ1) is 13.6. The SMILES string of the molecule is CCNC(=NCC1CCCN1C)NC1CCN(c2cc(OC)cc(OC)c2)C1.I. The van der Waals surface area contributed by atoms with E-state index in [0.29, 0.717) is 12.1 Å². The molecule has 2 atom stereocenters. The third-order valence-electron chi connectivity index (χ3n) is 5.71. The van der Waals surface area contributed by atoms with Gasteiger partial charge in [-0.15, -0.1) is 24.0 Å². The zero-order chi connectivity index (χ0) is 19.9. The van der Waals surface area contributed by atoms with Crippen LogP contribution in [0.3, 0.4) is 0 Å². The molecule has 2 fully saturated rings. The lowest BCUT2D eigenvalue weighted by molar-refractivity contribution is 0.317. The van der Waals surface area contributed by atoms with Gasteiger partial charge in [-0.05, 0) is 39.8 Å². The van der Waals surface area contributed by atoms with Gasteiger partial charge in [0.25, 0.3) is 0 Å². The summed E-state index contributed by atoms with van der Waals surface area (Å²) in [5, 5.41) is 7.03. The summed E-state index contributed by atoms with van der Waals surface area (Å²) in [6, 6.07) is 6.99. The van der Waals surface area contributed by atoms with Gasteiger partial charge >= 0.3 is 0 Å². The van der Waals surface area contributed by atoms with E-state index in [-0.39, 0.29) is 24.0 Å². The molecule has 2 heterocycles. The van der Waals surface area contributed by atoms with E-state index in [2.05, 4.69) is 46.5 Å². The molecule has 0 saturated carbocycles. The molecule has 1 aromatic carbocycles. The molecular weight excluding hydrogens is 481 g/mol. The molecule has 0 spiro atoms. The second kappa shape index (κ2) is 11.7. The van der Waals surface area contributed by atoms with E-state index in [1.54, 1.807) is 14.2 Å². The van der Waals surface area contributed by atoms with Gasteiger partial charge in [0.05, 0.1) is 20.8 Å². The number of likely N-dealkylation sites (tertiary alicyclic amines) is 1. The predicted octanol–water partition coefficient (Wildman–Crippen LogP) is 2.55. The molecule has 0 radical (unpaired) electrons. The van der Waals surface area contributed by atoms with Crippen molar-refractivity contribution in [2.24, 2.45) is 4.99 Å². The number of aliphatic imine (C=N–C) groups is 1. The minimum Gasteiger partial charge on any atom is -0.497 e. The Kier molecular flexibility index (Phi) is 9.61. The largest absolute Gasteiger partial charge is 0.497 e. The van der Waals surface area contributed by atoms with Crippen molar-refractivity contribution in [3.05, 3.63) is 18.2 Å². The van der Waals surface area contributed by atoms with Crippen LogP contribution in [0.15, 0.2) is 23.2 Å². The Balaban J connectivity index is 0.00000300. The Bertz CT molecular complexity index is 650. The van der Waals surface area contributed by atoms with Gasteiger partial charge in [0, 0.05) is 55.6 Å². The normalized spacial score (nSPS) is 22.3. The van der Waals surface area contributed by atoms with Crippen LogP contribution in [-0.2, 0) is 0 Å². The Hall–Kier alpha value is -1.42. The average Bonchev–Trinajstić information content (AvgIpc) is 3.34. The molecule has 2 saturated heterocycles. The van der Waals surface area contributed by atoms with Gasteiger partial charge in [0.1, 0.15) is 11.5 Å². The number of ether oxygens (including phenoxy) is 2. The maximum absolute atomic E-state index is 5.41. The minimum absolute atomic E-state index is 0. The number of methoxy groups -OCH3 is 2. The van der Waals surface area contributed by atoms with Gasteiger partial charge in [0.2, 0.25) is 0 Å². The molecule has 1 aromatic rings. The average molecular weight is 517 g/mol. The van der Waals surface area contributed by atoms with Crippen molar-refractivity contribution < 1.29 is 9.47 Å². The molecule has 7 nitrogen and oxygen atoms in total. The number of nitrogens with zero attached hydrogens (tertiary/aromatic N) is 3. The van der Waals surface area contributed by atoms with Gasteiger partial charge in [-0.3, -0.25) is 4.99 Å². The molecule has 2 aliphatic heterocycles. The molecule has 29 heavy (non-hydrogen) atoms. The van der Waals surface area contributed by atoms with Crippen LogP contribution in [0.2, 0.25) is 0 Å². The van der Waals surface area contributed by atoms with Crippen molar-refractivity contribution >= 4 is 35.6 Å². The van der Waals surface area contributed by atoms with Gasteiger partial charge in [0.15, 0.2) is 5.96 Å². The van der Waals surface area contributed by atoms with Crippen LogP contribution in [0.25, 0.3) is 0 Å². The number of guanidine groups is 1. The number of nitrogens with one attached hydrogen (secondary N) is 2. The van der Waals surface area contributed by atoms with Crippen molar-refractivity contribution in [2.75, 3.05) is 58.9 Å². The highest BCUT2D eigenvalue weighted by Crippen LogP contribution is 2.30. The Morgan fingerprint density at radius 2 is 1.86 bits per heavy atom. The van der Waals surface area contributed by atoms with E-state index in [4.69, 9.17) is 14.5 Å². The molecule has 2 aliphatic rings. The van der Waals surface area contributed by atoms with Crippen LogP contribution in [0.5, 0.6) is 11.5 Å². The summed E-state index contributed by atoms with van der Waals surface area (Å²) in [6.45, 7) is 6.96. The molecule has 2 N–H and O–H groups in total. The van der Waals surface area contributed by atoms with E-state index in [0.717, 1.165) is 55.7 Å². The van der Waals surface area contributed by atoms with Gasteiger partial charge in [-0.2, -0.15) is 0 Å². The monoisotopic (exact) mass is 517 g/mol. The van der Waals surface area contributed by atoms with E-state index in [9.17, 15) is 0 Å². The lowest BCUT2D eigenvalue weighted by Crippen LogP contribution is -2.45. The third-order valence-corrected chi connectivity index (χ3v) is 5.71. The smallest absolute Gasteiger partial charge is 0.191 e. The lowest BCUT2D eigenvalue weighted by Gasteiger charge is -2.22. The van der Waals surface area contributed by atoms with Crippen LogP contribution in [0.4, 0.5) is 5.69 Å². The molecule has 2 unspecified atom stereocenters. The molecular formula is C21H36IN5O2. The number of rotatable bonds is 7. The summed E-state index contributed by atoms with van der Waals surface area (Å²) in [5.74, 6) is 2.57. The van der Waals surface area contributed by atoms with Gasteiger partial charge in [-0.1, -0.05) is 0 Å². The highest BCUT2D eigenvalue weighted by molar-refractivity contribution is 14.0. The van der Waals surface area contributed by atoms with Crippen molar-refractivity contribution in [3.63, 3.8) is 0 Å². The maximum atomic E-state index is 5.41. The number of hydrogen-bond acceptors (Lipinski definition) is 5.